The average Bonchev–Trinajstić information content (AvgIpc) is 3.18. The van der Waals surface area contributed by atoms with Gasteiger partial charge in [0, 0.05) is 19.3 Å². The normalized spacial score (nSPS) is 24.8. The number of piperidine rings is 1. The SMILES string of the molecule is O=C(O)N1CC2CCC(Nc3nc4c(O/C=C(\F)C(F)(F)F)cccn4n3)(C2)C1. The maximum Gasteiger partial charge on any atom is 0.446 e. The van der Waals surface area contributed by atoms with Crippen molar-refractivity contribution < 1.29 is 32.2 Å². The number of amides is 1. The quantitative estimate of drug-likeness (QED) is 0.587. The maximum atomic E-state index is 13.0. The Kier molecular flexibility index (Phi) is 4.50. The number of nitrogens with one attached hydrogen (secondary N) is 1. The second-order valence-electron chi connectivity index (χ2n) is 7.33. The zero-order valence-corrected chi connectivity index (χ0v) is 15.0. The van der Waals surface area contributed by atoms with Crippen molar-refractivity contribution in [1.82, 2.24) is 19.5 Å². The summed E-state index contributed by atoms with van der Waals surface area (Å²) < 4.78 is 56.0. The van der Waals surface area contributed by atoms with Gasteiger partial charge >= 0.3 is 12.3 Å². The number of halogens is 4. The van der Waals surface area contributed by atoms with Crippen LogP contribution in [-0.2, 0) is 0 Å². The van der Waals surface area contributed by atoms with Crippen LogP contribution in [0.3, 0.4) is 0 Å². The van der Waals surface area contributed by atoms with Crippen molar-refractivity contribution in [2.24, 2.45) is 5.92 Å². The molecule has 3 heterocycles. The molecule has 2 bridgehead atoms. The lowest BCUT2D eigenvalue weighted by molar-refractivity contribution is -0.110. The van der Waals surface area contributed by atoms with Gasteiger partial charge in [0.1, 0.15) is 6.26 Å². The number of carboxylic acid groups (broad SMARTS) is 1. The van der Waals surface area contributed by atoms with Gasteiger partial charge in [0.05, 0.1) is 5.54 Å². The molecule has 4 rings (SSSR count). The number of carbonyl (C=O) groups is 1. The summed E-state index contributed by atoms with van der Waals surface area (Å²) in [6, 6.07) is 2.81. The standard InChI is InChI=1S/C17H17F4N5O3/c18-12(17(19,20)21)8-29-11-2-1-5-26-13(11)22-14(24-26)23-16-4-3-10(6-16)7-25(9-16)15(27)28/h1-2,5,8,10H,3-4,6-7,9H2,(H,23,24)(H,27,28)/b12-8-. The third-order valence-electron chi connectivity index (χ3n) is 5.22. The molecule has 1 aliphatic heterocycles. The zero-order valence-electron chi connectivity index (χ0n) is 15.0. The number of aromatic nitrogens is 3. The average molecular weight is 415 g/mol. The van der Waals surface area contributed by atoms with Crippen LogP contribution in [0, 0.1) is 5.92 Å². The molecule has 2 aromatic heterocycles. The molecule has 8 nitrogen and oxygen atoms in total. The molecule has 1 saturated heterocycles. The predicted molar refractivity (Wildman–Crippen MR) is 92.2 cm³/mol. The van der Waals surface area contributed by atoms with Crippen molar-refractivity contribution in [2.45, 2.75) is 31.0 Å². The highest BCUT2D eigenvalue weighted by atomic mass is 19.4. The fourth-order valence-electron chi connectivity index (χ4n) is 4.02. The van der Waals surface area contributed by atoms with Crippen molar-refractivity contribution in [2.75, 3.05) is 18.4 Å². The minimum absolute atomic E-state index is 0.0246. The van der Waals surface area contributed by atoms with Crippen molar-refractivity contribution in [3.63, 3.8) is 0 Å². The molecule has 2 aliphatic rings. The number of rotatable bonds is 4. The second kappa shape index (κ2) is 6.78. The Labute approximate surface area is 161 Å². The summed E-state index contributed by atoms with van der Waals surface area (Å²) in [6.45, 7) is 0.781. The number of pyridine rings is 1. The molecular formula is C17H17F4N5O3. The van der Waals surface area contributed by atoms with Crippen molar-refractivity contribution >= 4 is 17.7 Å². The largest absolute Gasteiger partial charge is 0.465 e. The molecule has 1 amide bonds. The van der Waals surface area contributed by atoms with Gasteiger partial charge in [0.25, 0.3) is 0 Å². The Morgan fingerprint density at radius 1 is 1.45 bits per heavy atom. The van der Waals surface area contributed by atoms with E-state index in [9.17, 15) is 27.5 Å². The van der Waals surface area contributed by atoms with Crippen LogP contribution in [0.15, 0.2) is 30.4 Å². The Hall–Kier alpha value is -3.05. The second-order valence-corrected chi connectivity index (χ2v) is 7.33. The van der Waals surface area contributed by atoms with Crippen LogP contribution in [0.2, 0.25) is 0 Å². The molecule has 0 aromatic carbocycles. The Morgan fingerprint density at radius 3 is 2.97 bits per heavy atom. The Morgan fingerprint density at radius 2 is 2.24 bits per heavy atom. The van der Waals surface area contributed by atoms with Crippen LogP contribution in [0.5, 0.6) is 5.75 Å². The topological polar surface area (TPSA) is 92.0 Å². The van der Waals surface area contributed by atoms with E-state index in [0.29, 0.717) is 6.54 Å². The van der Waals surface area contributed by atoms with E-state index < -0.39 is 23.6 Å². The molecule has 1 saturated carbocycles. The molecular weight excluding hydrogens is 398 g/mol. The zero-order chi connectivity index (χ0) is 20.8. The van der Waals surface area contributed by atoms with Crippen LogP contribution in [0.25, 0.3) is 5.65 Å². The first-order valence-electron chi connectivity index (χ1n) is 8.86. The van der Waals surface area contributed by atoms with Crippen LogP contribution in [0.1, 0.15) is 19.3 Å². The number of fused-ring (bicyclic) bond motifs is 3. The number of allylic oxidation sites excluding steroid dienone is 1. The highest BCUT2D eigenvalue weighted by molar-refractivity contribution is 5.65. The van der Waals surface area contributed by atoms with Crippen molar-refractivity contribution in [1.29, 1.82) is 0 Å². The van der Waals surface area contributed by atoms with Gasteiger partial charge in [-0.2, -0.15) is 22.5 Å². The summed E-state index contributed by atoms with van der Waals surface area (Å²) in [6.07, 6.45) is -2.23. The number of hydrogen-bond donors (Lipinski definition) is 2. The van der Waals surface area contributed by atoms with Gasteiger partial charge in [0.15, 0.2) is 11.4 Å². The Balaban J connectivity index is 1.58. The number of nitrogens with zero attached hydrogens (tertiary/aromatic N) is 4. The minimum atomic E-state index is -5.14. The summed E-state index contributed by atoms with van der Waals surface area (Å²) in [5.74, 6) is -2.04. The first kappa shape index (κ1) is 19.3. The first-order chi connectivity index (χ1) is 13.7. The highest BCUT2D eigenvalue weighted by Gasteiger charge is 2.47. The van der Waals surface area contributed by atoms with Gasteiger partial charge in [-0.1, -0.05) is 0 Å². The van der Waals surface area contributed by atoms with Crippen LogP contribution >= 0.6 is 0 Å². The number of likely N-dealkylation sites (tertiary alicyclic amines) is 1. The lowest BCUT2D eigenvalue weighted by atomic mass is 9.91. The summed E-state index contributed by atoms with van der Waals surface area (Å²) in [7, 11) is 0. The fraction of sp³-hybridized carbons (Fsp3) is 0.471. The van der Waals surface area contributed by atoms with E-state index in [0.717, 1.165) is 19.3 Å². The van der Waals surface area contributed by atoms with Gasteiger partial charge in [-0.3, -0.25) is 0 Å². The molecule has 29 heavy (non-hydrogen) atoms. The van der Waals surface area contributed by atoms with Gasteiger partial charge in [-0.05, 0) is 37.3 Å². The molecule has 0 spiro atoms. The number of hydrogen-bond acceptors (Lipinski definition) is 5. The van der Waals surface area contributed by atoms with Gasteiger partial charge in [-0.15, -0.1) is 5.10 Å². The van der Waals surface area contributed by atoms with E-state index in [1.54, 1.807) is 0 Å². The summed E-state index contributed by atoms with van der Waals surface area (Å²) in [4.78, 5) is 17.0. The summed E-state index contributed by atoms with van der Waals surface area (Å²) in [5.41, 5.74) is -0.409. The summed E-state index contributed by atoms with van der Waals surface area (Å²) >= 11 is 0. The van der Waals surface area contributed by atoms with Gasteiger partial charge < -0.3 is 20.1 Å². The van der Waals surface area contributed by atoms with Crippen LogP contribution in [-0.4, -0.2) is 55.5 Å². The van der Waals surface area contributed by atoms with E-state index in [4.69, 9.17) is 4.74 Å². The third kappa shape index (κ3) is 3.78. The van der Waals surface area contributed by atoms with E-state index >= 15 is 0 Å². The molecule has 2 fully saturated rings. The molecule has 156 valence electrons. The van der Waals surface area contributed by atoms with E-state index in [1.807, 2.05) is 0 Å². The Bertz CT molecular complexity index is 976. The van der Waals surface area contributed by atoms with Crippen LogP contribution in [0.4, 0.5) is 28.3 Å². The lowest BCUT2D eigenvalue weighted by Crippen LogP contribution is -2.53. The highest BCUT2D eigenvalue weighted by Crippen LogP contribution is 2.41. The molecule has 2 atom stereocenters. The van der Waals surface area contributed by atoms with Crippen molar-refractivity contribution in [3.05, 3.63) is 30.4 Å². The molecule has 0 radical (unpaired) electrons. The van der Waals surface area contributed by atoms with Crippen molar-refractivity contribution in [3.8, 4) is 5.75 Å². The van der Waals surface area contributed by atoms with Gasteiger partial charge in [0.2, 0.25) is 11.8 Å². The number of anilines is 1. The monoisotopic (exact) mass is 415 g/mol. The minimum Gasteiger partial charge on any atom is -0.465 e. The molecule has 1 aliphatic carbocycles. The predicted octanol–water partition coefficient (Wildman–Crippen LogP) is 3.43. The number of ether oxygens (including phenoxy) is 1. The van der Waals surface area contributed by atoms with Crippen LogP contribution < -0.4 is 10.1 Å². The number of alkyl halides is 3. The molecule has 2 unspecified atom stereocenters. The lowest BCUT2D eigenvalue weighted by Gasteiger charge is -2.39. The first-order valence-corrected chi connectivity index (χ1v) is 8.86. The smallest absolute Gasteiger partial charge is 0.446 e. The molecule has 2 aromatic rings. The molecule has 2 N–H and O–H groups in total. The summed E-state index contributed by atoms with van der Waals surface area (Å²) in [5, 5.41) is 16.8. The van der Waals surface area contributed by atoms with E-state index in [1.165, 1.54) is 27.7 Å². The maximum absolute atomic E-state index is 13.0. The fourth-order valence-corrected chi connectivity index (χ4v) is 4.02. The third-order valence-corrected chi connectivity index (χ3v) is 5.22. The van der Waals surface area contributed by atoms with E-state index in [-0.39, 0.29) is 36.1 Å². The van der Waals surface area contributed by atoms with Gasteiger partial charge in [-0.25, -0.2) is 9.31 Å². The molecule has 12 heteroatoms. The van der Waals surface area contributed by atoms with E-state index in [2.05, 4.69) is 15.4 Å².